The van der Waals surface area contributed by atoms with Crippen LogP contribution in [0.25, 0.3) is 45.0 Å². The smallest absolute Gasteiger partial charge is 0.135 e. The number of fused-ring (bicyclic) bond motifs is 5. The summed E-state index contributed by atoms with van der Waals surface area (Å²) in [4.78, 5) is 12.9. The van der Waals surface area contributed by atoms with E-state index in [0.717, 1.165) is 51.0 Å². The fraction of sp³-hybridized carbons (Fsp3) is 0.0196. The minimum absolute atomic E-state index is 0.126. The summed E-state index contributed by atoms with van der Waals surface area (Å²) < 4.78 is 13.2. The first-order chi connectivity index (χ1) is 29.6. The van der Waals surface area contributed by atoms with Crippen LogP contribution >= 0.6 is 24.5 Å². The second-order valence-corrected chi connectivity index (χ2v) is 15.5. The first kappa shape index (κ1) is 35.8. The Morgan fingerprint density at radius 3 is 1.47 bits per heavy atom. The predicted molar refractivity (Wildman–Crippen MR) is 246 cm³/mol. The minimum atomic E-state index is -0.553. The minimum Gasteiger partial charge on any atom is -0.310 e. The lowest BCUT2D eigenvalue weighted by Crippen LogP contribution is -2.37. The molecule has 3 heterocycles. The van der Waals surface area contributed by atoms with E-state index >= 15 is 0 Å². The number of anilines is 3. The largest absolute Gasteiger partial charge is 0.310 e. The van der Waals surface area contributed by atoms with Crippen LogP contribution in [-0.2, 0) is 5.41 Å². The third kappa shape index (κ3) is 5.51. The molecule has 0 atom stereocenters. The lowest BCUT2D eigenvalue weighted by Gasteiger charge is -2.46. The van der Waals surface area contributed by atoms with Crippen molar-refractivity contribution in [2.45, 2.75) is 5.41 Å². The first-order valence-corrected chi connectivity index (χ1v) is 20.7. The first-order valence-electron chi connectivity index (χ1n) is 19.6. The highest BCUT2D eigenvalue weighted by molar-refractivity contribution is 7.79. The molecule has 0 amide bonds. The number of thiol groups is 1. The maximum absolute atomic E-state index is 8.92. The highest BCUT2D eigenvalue weighted by atomic mass is 32.1. The summed E-state index contributed by atoms with van der Waals surface area (Å²) in [6, 6.07) is 66.4. The maximum atomic E-state index is 8.92. The molecule has 0 spiro atoms. The van der Waals surface area contributed by atoms with E-state index in [-0.39, 0.29) is 5.71 Å². The SMILES string of the molecule is N=C1C(=NS)c2nc(-c3ccc(N4c5ccccc5C(c5ccccc5)(c5ccccc5)c5ccccc54)cc3)c(-c3ccc(-c4ccccc4)cc3)nc2-c2nsnc21. The zero-order valence-corrected chi connectivity index (χ0v) is 33.6. The number of hydrogen-bond acceptors (Lipinski definition) is 9. The Labute approximate surface area is 356 Å². The molecule has 9 heteroatoms. The fourth-order valence-corrected chi connectivity index (χ4v) is 9.66. The van der Waals surface area contributed by atoms with Gasteiger partial charge in [0, 0.05) is 16.8 Å². The summed E-state index contributed by atoms with van der Waals surface area (Å²) in [6.45, 7) is 0. The monoisotopic (exact) mass is 807 g/mol. The molecule has 0 unspecified atom stereocenters. The maximum Gasteiger partial charge on any atom is 0.135 e. The van der Waals surface area contributed by atoms with Gasteiger partial charge in [0.15, 0.2) is 0 Å². The van der Waals surface area contributed by atoms with E-state index < -0.39 is 5.41 Å². The number of benzene rings is 7. The number of para-hydroxylation sites is 2. The molecule has 284 valence electrons. The van der Waals surface area contributed by atoms with Gasteiger partial charge < -0.3 is 4.90 Å². The molecule has 0 bridgehead atoms. The molecule has 0 radical (unpaired) electrons. The topological polar surface area (TPSA) is 91.0 Å². The van der Waals surface area contributed by atoms with Gasteiger partial charge in [-0.3, -0.25) is 5.41 Å². The standard InChI is InChI=1S/C51H33N7S2/c52-43-46(55-59)48-49(50-47(43)56-60-57-50)54-44(34-26-24-33(25-27-34)32-14-4-1-5-15-32)45(53-48)35-28-30-38(31-29-35)58-41-22-12-10-20-39(41)51(36-16-6-2-7-17-36,37-18-8-3-9-19-37)40-21-11-13-23-42(40)58/h1-31,52,59H. The Morgan fingerprint density at radius 1 is 0.450 bits per heavy atom. The van der Waals surface area contributed by atoms with E-state index in [2.05, 4.69) is 201 Å². The van der Waals surface area contributed by atoms with Crippen molar-refractivity contribution in [2.24, 2.45) is 4.40 Å². The van der Waals surface area contributed by atoms with Gasteiger partial charge in [0.2, 0.25) is 0 Å². The van der Waals surface area contributed by atoms with Crippen molar-refractivity contribution in [1.29, 1.82) is 5.41 Å². The normalized spacial score (nSPS) is 14.2. The molecular formula is C51H33N7S2. The van der Waals surface area contributed by atoms with Gasteiger partial charge in [0.05, 0.1) is 39.9 Å². The van der Waals surface area contributed by atoms with Crippen LogP contribution in [0.2, 0.25) is 0 Å². The van der Waals surface area contributed by atoms with Gasteiger partial charge in [-0.15, -0.1) is 0 Å². The second kappa shape index (κ2) is 14.5. The molecule has 0 saturated carbocycles. The van der Waals surface area contributed by atoms with E-state index in [9.17, 15) is 0 Å². The lowest BCUT2D eigenvalue weighted by molar-refractivity contribution is 0.731. The Bertz CT molecular complexity index is 3020. The Balaban J connectivity index is 1.08. The van der Waals surface area contributed by atoms with Gasteiger partial charge in [0.25, 0.3) is 0 Å². The fourth-order valence-electron chi connectivity index (χ4n) is 8.91. The lowest BCUT2D eigenvalue weighted by atomic mass is 9.62. The summed E-state index contributed by atoms with van der Waals surface area (Å²) in [5.41, 5.74) is 15.2. The Kier molecular flexibility index (Phi) is 8.65. The summed E-state index contributed by atoms with van der Waals surface area (Å²) in [6.07, 6.45) is 0. The zero-order chi connectivity index (χ0) is 40.2. The molecule has 7 aromatic carbocycles. The quantitative estimate of drug-likeness (QED) is 0.163. The molecule has 7 nitrogen and oxygen atoms in total. The highest BCUT2D eigenvalue weighted by Gasteiger charge is 2.46. The number of aromatic nitrogens is 4. The number of hydrogen-bond donors (Lipinski definition) is 2. The average Bonchev–Trinajstić information content (AvgIpc) is 3.83. The van der Waals surface area contributed by atoms with Crippen LogP contribution in [-0.4, -0.2) is 30.1 Å². The van der Waals surface area contributed by atoms with Crippen molar-refractivity contribution in [3.05, 3.63) is 222 Å². The van der Waals surface area contributed by atoms with Crippen molar-refractivity contribution in [2.75, 3.05) is 4.90 Å². The van der Waals surface area contributed by atoms with Crippen LogP contribution < -0.4 is 4.90 Å². The number of nitrogens with one attached hydrogen (secondary N) is 1. The Morgan fingerprint density at radius 2 is 0.900 bits per heavy atom. The van der Waals surface area contributed by atoms with Crippen LogP contribution in [0.5, 0.6) is 0 Å². The van der Waals surface area contributed by atoms with E-state index in [1.165, 1.54) is 22.3 Å². The van der Waals surface area contributed by atoms with Crippen molar-refractivity contribution in [3.63, 3.8) is 0 Å². The van der Waals surface area contributed by atoms with Gasteiger partial charge >= 0.3 is 0 Å². The van der Waals surface area contributed by atoms with Crippen LogP contribution in [0.15, 0.2) is 192 Å². The summed E-state index contributed by atoms with van der Waals surface area (Å²) in [5, 5.41) is 8.92. The van der Waals surface area contributed by atoms with Gasteiger partial charge in [-0.25, -0.2) is 14.4 Å². The van der Waals surface area contributed by atoms with E-state index in [1.54, 1.807) is 0 Å². The third-order valence-corrected chi connectivity index (χ3v) is 12.3. The summed E-state index contributed by atoms with van der Waals surface area (Å²) in [7, 11) is 0. The van der Waals surface area contributed by atoms with Crippen molar-refractivity contribution >= 4 is 53.0 Å². The van der Waals surface area contributed by atoms with Gasteiger partial charge in [-0.05, 0) is 70.5 Å². The molecule has 11 rings (SSSR count). The molecule has 60 heavy (non-hydrogen) atoms. The summed E-state index contributed by atoms with van der Waals surface area (Å²) >= 11 is 5.34. The van der Waals surface area contributed by atoms with E-state index in [1.807, 2.05) is 18.2 Å². The van der Waals surface area contributed by atoms with Crippen molar-refractivity contribution in [1.82, 2.24) is 18.7 Å². The third-order valence-electron chi connectivity index (χ3n) is 11.6. The zero-order valence-electron chi connectivity index (χ0n) is 31.9. The van der Waals surface area contributed by atoms with Gasteiger partial charge in [0.1, 0.15) is 34.2 Å². The van der Waals surface area contributed by atoms with Crippen LogP contribution in [0.3, 0.4) is 0 Å². The van der Waals surface area contributed by atoms with Crippen molar-refractivity contribution in [3.8, 4) is 45.0 Å². The molecule has 2 aromatic heterocycles. The molecule has 0 saturated heterocycles. The molecule has 1 aliphatic carbocycles. The van der Waals surface area contributed by atoms with Gasteiger partial charge in [-0.2, -0.15) is 8.75 Å². The van der Waals surface area contributed by atoms with E-state index in [4.69, 9.17) is 15.4 Å². The highest BCUT2D eigenvalue weighted by Crippen LogP contribution is 2.57. The molecule has 0 fully saturated rings. The average molecular weight is 808 g/mol. The van der Waals surface area contributed by atoms with Crippen LogP contribution in [0.4, 0.5) is 17.1 Å². The molecule has 2 aliphatic rings. The Hall–Kier alpha value is -7.33. The van der Waals surface area contributed by atoms with Crippen LogP contribution in [0.1, 0.15) is 33.6 Å². The summed E-state index contributed by atoms with van der Waals surface area (Å²) in [5.74, 6) is 0. The van der Waals surface area contributed by atoms with Gasteiger partial charge in [-0.1, -0.05) is 164 Å². The molecule has 1 N–H and O–H groups in total. The van der Waals surface area contributed by atoms with Crippen LogP contribution in [0, 0.1) is 5.41 Å². The molecular weight excluding hydrogens is 775 g/mol. The number of nitrogens with zero attached hydrogens (tertiary/aromatic N) is 6. The second-order valence-electron chi connectivity index (χ2n) is 14.7. The molecule has 1 aliphatic heterocycles. The van der Waals surface area contributed by atoms with E-state index in [0.29, 0.717) is 39.9 Å². The molecule has 9 aromatic rings. The predicted octanol–water partition coefficient (Wildman–Crippen LogP) is 12.2. The van der Waals surface area contributed by atoms with Crippen molar-refractivity contribution < 1.29 is 0 Å². The number of rotatable bonds is 6.